The molecule has 258 valence electrons. The van der Waals surface area contributed by atoms with E-state index in [-0.39, 0.29) is 37.5 Å². The van der Waals surface area contributed by atoms with Crippen LogP contribution in [0.4, 0.5) is 9.59 Å². The number of fused-ring (bicyclic) bond motifs is 1. The molecule has 1 aliphatic heterocycles. The van der Waals surface area contributed by atoms with Gasteiger partial charge < -0.3 is 24.6 Å². The fraction of sp³-hybridized carbons (Fsp3) is 0.390. The number of amides is 3. The van der Waals surface area contributed by atoms with Gasteiger partial charge in [0.15, 0.2) is 0 Å². The highest BCUT2D eigenvalue weighted by Crippen LogP contribution is 2.26. The van der Waals surface area contributed by atoms with E-state index < -0.39 is 29.4 Å². The monoisotopic (exact) mass is 663 g/mol. The second-order valence-corrected chi connectivity index (χ2v) is 14.9. The van der Waals surface area contributed by atoms with Gasteiger partial charge in [0.25, 0.3) is 0 Å². The van der Waals surface area contributed by atoms with Crippen LogP contribution in [-0.4, -0.2) is 70.3 Å². The quantitative estimate of drug-likeness (QED) is 0.210. The fourth-order valence-electron chi connectivity index (χ4n) is 6.34. The van der Waals surface area contributed by atoms with Gasteiger partial charge >= 0.3 is 12.2 Å². The number of nitrogens with zero attached hydrogens (tertiary/aromatic N) is 2. The maximum Gasteiger partial charge on any atom is 0.410 e. The van der Waals surface area contributed by atoms with Gasteiger partial charge in [0.2, 0.25) is 5.91 Å². The minimum atomic E-state index is -0.903. The smallest absolute Gasteiger partial charge is 0.410 e. The summed E-state index contributed by atoms with van der Waals surface area (Å²) >= 11 is 0. The summed E-state index contributed by atoms with van der Waals surface area (Å²) in [6, 6.07) is 32.5. The summed E-state index contributed by atoms with van der Waals surface area (Å²) in [4.78, 5) is 45.6. The molecule has 0 spiro atoms. The van der Waals surface area contributed by atoms with Crippen LogP contribution in [0, 0.1) is 0 Å². The van der Waals surface area contributed by atoms with Crippen LogP contribution in [0.5, 0.6) is 0 Å². The van der Waals surface area contributed by atoms with Crippen molar-refractivity contribution in [3.05, 3.63) is 120 Å². The van der Waals surface area contributed by atoms with Gasteiger partial charge in [-0.05, 0) is 81.8 Å². The summed E-state index contributed by atoms with van der Waals surface area (Å²) in [6.45, 7) is 11.5. The number of rotatable bonds is 8. The van der Waals surface area contributed by atoms with Crippen molar-refractivity contribution < 1.29 is 23.9 Å². The van der Waals surface area contributed by atoms with E-state index in [4.69, 9.17) is 9.47 Å². The molecule has 1 saturated heterocycles. The lowest BCUT2D eigenvalue weighted by Gasteiger charge is -2.47. The molecule has 5 rings (SSSR count). The lowest BCUT2D eigenvalue weighted by molar-refractivity contribution is -0.140. The molecule has 8 heteroatoms. The Morgan fingerprint density at radius 1 is 0.653 bits per heavy atom. The number of carbonyl (C=O) groups excluding carboxylic acids is 3. The first-order chi connectivity index (χ1) is 23.2. The van der Waals surface area contributed by atoms with Crippen molar-refractivity contribution in [2.45, 2.75) is 90.1 Å². The molecule has 1 heterocycles. The average Bonchev–Trinajstić information content (AvgIpc) is 3.04. The fourth-order valence-corrected chi connectivity index (χ4v) is 6.34. The maximum atomic E-state index is 14.9. The first-order valence-electron chi connectivity index (χ1n) is 17.1. The first kappa shape index (κ1) is 35.5. The predicted octanol–water partition coefficient (Wildman–Crippen LogP) is 7.58. The minimum Gasteiger partial charge on any atom is -0.444 e. The lowest BCUT2D eigenvalue weighted by Crippen LogP contribution is -2.65. The van der Waals surface area contributed by atoms with Crippen LogP contribution in [-0.2, 0) is 33.5 Å². The second-order valence-electron chi connectivity index (χ2n) is 14.9. The van der Waals surface area contributed by atoms with Crippen molar-refractivity contribution in [1.82, 2.24) is 15.1 Å². The van der Waals surface area contributed by atoms with Crippen LogP contribution in [0.1, 0.15) is 58.2 Å². The zero-order valence-corrected chi connectivity index (χ0v) is 29.5. The van der Waals surface area contributed by atoms with E-state index in [9.17, 15) is 14.4 Å². The van der Waals surface area contributed by atoms with E-state index in [1.807, 2.05) is 123 Å². The summed E-state index contributed by atoms with van der Waals surface area (Å²) in [5, 5.41) is 5.07. The van der Waals surface area contributed by atoms with E-state index in [0.717, 1.165) is 27.5 Å². The molecule has 1 fully saturated rings. The topological polar surface area (TPSA) is 88.2 Å². The molecule has 0 aliphatic carbocycles. The second kappa shape index (κ2) is 15.1. The van der Waals surface area contributed by atoms with Crippen molar-refractivity contribution in [3.63, 3.8) is 0 Å². The van der Waals surface area contributed by atoms with Crippen molar-refractivity contribution in [3.8, 4) is 0 Å². The van der Waals surface area contributed by atoms with Gasteiger partial charge in [-0.15, -0.1) is 0 Å². The Hall–Kier alpha value is -4.85. The molecule has 1 aliphatic rings. The Morgan fingerprint density at radius 2 is 1.16 bits per heavy atom. The van der Waals surface area contributed by atoms with Crippen LogP contribution in [0.2, 0.25) is 0 Å². The van der Waals surface area contributed by atoms with Gasteiger partial charge in [-0.3, -0.25) is 4.79 Å². The molecule has 0 saturated carbocycles. The number of ether oxygens (including phenoxy) is 2. The summed E-state index contributed by atoms with van der Waals surface area (Å²) < 4.78 is 11.6. The van der Waals surface area contributed by atoms with Gasteiger partial charge in [0.05, 0.1) is 12.1 Å². The molecule has 49 heavy (non-hydrogen) atoms. The normalized spacial score (nSPS) is 17.3. The Balaban J connectivity index is 1.52. The van der Waals surface area contributed by atoms with Gasteiger partial charge in [-0.25, -0.2) is 9.59 Å². The molecule has 4 aromatic rings. The Morgan fingerprint density at radius 3 is 1.73 bits per heavy atom. The largest absolute Gasteiger partial charge is 0.444 e. The lowest BCUT2D eigenvalue weighted by atomic mass is 9.94. The zero-order chi connectivity index (χ0) is 35.2. The van der Waals surface area contributed by atoms with Gasteiger partial charge in [0, 0.05) is 19.5 Å². The number of benzene rings is 4. The Labute approximate surface area is 290 Å². The Kier molecular flexibility index (Phi) is 11.0. The highest BCUT2D eigenvalue weighted by molar-refractivity contribution is 5.87. The predicted molar refractivity (Wildman–Crippen MR) is 193 cm³/mol. The molecule has 0 aromatic heterocycles. The molecular formula is C41H49N3O5. The molecule has 1 N–H and O–H groups in total. The van der Waals surface area contributed by atoms with Crippen molar-refractivity contribution in [1.29, 1.82) is 0 Å². The maximum absolute atomic E-state index is 14.9. The first-order valence-corrected chi connectivity index (χ1v) is 17.1. The molecule has 0 radical (unpaired) electrons. The van der Waals surface area contributed by atoms with Crippen molar-refractivity contribution in [2.75, 3.05) is 13.1 Å². The van der Waals surface area contributed by atoms with E-state index in [2.05, 4.69) is 11.4 Å². The number of hydrogen-bond donors (Lipinski definition) is 1. The summed E-state index contributed by atoms with van der Waals surface area (Å²) in [5.74, 6) is -0.221. The van der Waals surface area contributed by atoms with Crippen LogP contribution >= 0.6 is 0 Å². The van der Waals surface area contributed by atoms with E-state index in [1.54, 1.807) is 25.7 Å². The summed E-state index contributed by atoms with van der Waals surface area (Å²) in [5.41, 5.74) is 1.59. The van der Waals surface area contributed by atoms with Gasteiger partial charge in [-0.2, -0.15) is 0 Å². The molecule has 0 bridgehead atoms. The number of alkyl carbamates (subject to hydrolysis) is 1. The van der Waals surface area contributed by atoms with Crippen molar-refractivity contribution >= 4 is 28.9 Å². The standard InChI is InChI=1S/C41H49N3O5/c1-40(2,3)48-38(46)42-36(26-31-21-22-32-19-13-14-20-33(32)23-31)37(45)43-27-35(25-30-17-11-8-12-18-30)44(39(47)49-41(4,5)6)28-34(43)24-29-15-9-7-10-16-29/h7-23,34-36H,24-28H2,1-6H3,(H,42,46)/t34?,35-,36+/m0/s1. The number of piperazine rings is 1. The third kappa shape index (κ3) is 10.1. The molecular weight excluding hydrogens is 614 g/mol. The molecule has 4 aromatic carbocycles. The van der Waals surface area contributed by atoms with Crippen LogP contribution in [0.25, 0.3) is 10.8 Å². The SMILES string of the molecule is CC(C)(C)OC(=O)N[C@H](Cc1ccc2ccccc2c1)C(=O)N1C[C@H](Cc2ccccc2)N(C(=O)OC(C)(C)C)CC1Cc1ccccc1. The minimum absolute atomic E-state index is 0.221. The number of hydrogen-bond acceptors (Lipinski definition) is 5. The average molecular weight is 664 g/mol. The number of nitrogens with one attached hydrogen (secondary N) is 1. The highest BCUT2D eigenvalue weighted by Gasteiger charge is 2.42. The van der Waals surface area contributed by atoms with E-state index in [1.165, 1.54) is 0 Å². The molecule has 8 nitrogen and oxygen atoms in total. The Bertz CT molecular complexity index is 1730. The van der Waals surface area contributed by atoms with E-state index >= 15 is 0 Å². The van der Waals surface area contributed by atoms with Gasteiger partial charge in [-0.1, -0.05) is 103 Å². The highest BCUT2D eigenvalue weighted by atomic mass is 16.6. The molecule has 3 amide bonds. The molecule has 1 unspecified atom stereocenters. The number of carbonyl (C=O) groups is 3. The summed E-state index contributed by atoms with van der Waals surface area (Å²) in [6.07, 6.45) is 0.282. The third-order valence-electron chi connectivity index (χ3n) is 8.48. The van der Waals surface area contributed by atoms with E-state index in [0.29, 0.717) is 12.8 Å². The van der Waals surface area contributed by atoms with Crippen LogP contribution in [0.3, 0.4) is 0 Å². The zero-order valence-electron chi connectivity index (χ0n) is 29.5. The van der Waals surface area contributed by atoms with Crippen molar-refractivity contribution in [2.24, 2.45) is 0 Å². The van der Waals surface area contributed by atoms with Crippen LogP contribution < -0.4 is 5.32 Å². The third-order valence-corrected chi connectivity index (χ3v) is 8.48. The van der Waals surface area contributed by atoms with Crippen LogP contribution in [0.15, 0.2) is 103 Å². The summed E-state index contributed by atoms with van der Waals surface area (Å²) in [7, 11) is 0. The van der Waals surface area contributed by atoms with Gasteiger partial charge in [0.1, 0.15) is 17.2 Å². The molecule has 3 atom stereocenters.